The van der Waals surface area contributed by atoms with Gasteiger partial charge in [0.25, 0.3) is 5.56 Å². The van der Waals surface area contributed by atoms with E-state index in [1.807, 2.05) is 11.0 Å². The van der Waals surface area contributed by atoms with Crippen molar-refractivity contribution in [2.45, 2.75) is 12.8 Å². The molecule has 3 heterocycles. The van der Waals surface area contributed by atoms with E-state index in [0.717, 1.165) is 5.39 Å². The van der Waals surface area contributed by atoms with Crippen molar-refractivity contribution >= 4 is 16.6 Å². The number of rotatable bonds is 3. The molecule has 23 heavy (non-hydrogen) atoms. The van der Waals surface area contributed by atoms with E-state index in [0.29, 0.717) is 37.1 Å². The number of H-pyrrole nitrogens is 1. The molecule has 1 fully saturated rings. The number of aliphatic hydroxyl groups is 2. The number of anilines is 1. The van der Waals surface area contributed by atoms with Crippen LogP contribution in [0, 0.1) is 16.7 Å². The second kappa shape index (κ2) is 5.99. The summed E-state index contributed by atoms with van der Waals surface area (Å²) in [5.41, 5.74) is 0.376. The fraction of sp³-hybridized carbons (Fsp3) is 0.438. The third-order valence-corrected chi connectivity index (χ3v) is 4.71. The van der Waals surface area contributed by atoms with Crippen molar-refractivity contribution in [3.05, 3.63) is 34.4 Å². The van der Waals surface area contributed by atoms with E-state index < -0.39 is 11.0 Å². The smallest absolute Gasteiger partial charge is 0.268 e. The van der Waals surface area contributed by atoms with Gasteiger partial charge < -0.3 is 20.1 Å². The Morgan fingerprint density at radius 1 is 1.35 bits per heavy atom. The zero-order valence-electron chi connectivity index (χ0n) is 12.6. The van der Waals surface area contributed by atoms with Crippen molar-refractivity contribution in [1.82, 2.24) is 9.97 Å². The van der Waals surface area contributed by atoms with Gasteiger partial charge in [-0.25, -0.2) is 0 Å². The van der Waals surface area contributed by atoms with Gasteiger partial charge in [-0.3, -0.25) is 9.78 Å². The first kappa shape index (κ1) is 15.5. The minimum Gasteiger partial charge on any atom is -0.396 e. The highest BCUT2D eigenvalue weighted by Crippen LogP contribution is 2.35. The van der Waals surface area contributed by atoms with Crippen LogP contribution in [0.2, 0.25) is 0 Å². The van der Waals surface area contributed by atoms with Crippen LogP contribution in [-0.2, 0) is 0 Å². The minimum absolute atomic E-state index is 0.0670. The summed E-state index contributed by atoms with van der Waals surface area (Å²) in [6.45, 7) is 0.998. The van der Waals surface area contributed by atoms with Crippen molar-refractivity contribution < 1.29 is 10.2 Å². The molecule has 1 saturated heterocycles. The van der Waals surface area contributed by atoms with Gasteiger partial charge in [0.2, 0.25) is 0 Å². The molecule has 0 spiro atoms. The first-order chi connectivity index (χ1) is 11.1. The SMILES string of the molecule is N#Cc1c(N2CCC(CO)(CO)CC2)c2ccncc2[nH]c1=O. The summed E-state index contributed by atoms with van der Waals surface area (Å²) in [4.78, 5) is 20.8. The Hall–Kier alpha value is -2.43. The largest absolute Gasteiger partial charge is 0.396 e. The summed E-state index contributed by atoms with van der Waals surface area (Å²) < 4.78 is 0. The molecule has 0 unspecified atom stereocenters. The standard InChI is InChI=1S/C16H18N4O3/c17-7-12-14(11-1-4-18-8-13(11)19-15(12)23)20-5-2-16(9-21,10-22)3-6-20/h1,4,8,21-22H,2-3,5-6,9-10H2,(H,19,23). The maximum atomic E-state index is 12.2. The maximum Gasteiger partial charge on any atom is 0.268 e. The van der Waals surface area contributed by atoms with Gasteiger partial charge in [0.1, 0.15) is 11.6 Å². The van der Waals surface area contributed by atoms with Crippen LogP contribution in [0.3, 0.4) is 0 Å². The molecule has 0 aliphatic carbocycles. The number of nitrogens with one attached hydrogen (secondary N) is 1. The van der Waals surface area contributed by atoms with Crippen LogP contribution in [-0.4, -0.2) is 46.5 Å². The predicted octanol–water partition coefficient (Wildman–Crippen LogP) is 0.366. The van der Waals surface area contributed by atoms with Gasteiger partial charge in [-0.15, -0.1) is 0 Å². The molecular weight excluding hydrogens is 296 g/mol. The second-order valence-electron chi connectivity index (χ2n) is 6.01. The lowest BCUT2D eigenvalue weighted by molar-refractivity contribution is 0.0341. The molecule has 0 radical (unpaired) electrons. The molecule has 0 atom stereocenters. The van der Waals surface area contributed by atoms with E-state index in [9.17, 15) is 20.3 Å². The van der Waals surface area contributed by atoms with Gasteiger partial charge in [-0.1, -0.05) is 0 Å². The number of aromatic nitrogens is 2. The Morgan fingerprint density at radius 2 is 2.04 bits per heavy atom. The first-order valence-electron chi connectivity index (χ1n) is 7.51. The number of hydrogen-bond acceptors (Lipinski definition) is 6. The second-order valence-corrected chi connectivity index (χ2v) is 6.01. The summed E-state index contributed by atoms with van der Waals surface area (Å²) in [6.07, 6.45) is 4.40. The molecule has 1 aliphatic rings. The Bertz CT molecular complexity index is 810. The van der Waals surface area contributed by atoms with E-state index in [1.165, 1.54) is 0 Å². The molecule has 2 aromatic rings. The number of hydrogen-bond donors (Lipinski definition) is 3. The van der Waals surface area contributed by atoms with Crippen LogP contribution in [0.15, 0.2) is 23.3 Å². The highest BCUT2D eigenvalue weighted by atomic mass is 16.3. The van der Waals surface area contributed by atoms with Crippen molar-refractivity contribution in [1.29, 1.82) is 5.26 Å². The van der Waals surface area contributed by atoms with Crippen LogP contribution in [0.5, 0.6) is 0 Å². The number of pyridine rings is 2. The number of aliphatic hydroxyl groups excluding tert-OH is 2. The van der Waals surface area contributed by atoms with Crippen molar-refractivity contribution in [2.24, 2.45) is 5.41 Å². The molecule has 7 nitrogen and oxygen atoms in total. The number of nitrogens with zero attached hydrogens (tertiary/aromatic N) is 3. The van der Waals surface area contributed by atoms with Crippen LogP contribution >= 0.6 is 0 Å². The van der Waals surface area contributed by atoms with Gasteiger partial charge in [-0.05, 0) is 18.9 Å². The molecule has 0 amide bonds. The maximum absolute atomic E-state index is 12.2. The summed E-state index contributed by atoms with van der Waals surface area (Å²) in [6, 6.07) is 3.78. The summed E-state index contributed by atoms with van der Waals surface area (Å²) in [7, 11) is 0. The average molecular weight is 314 g/mol. The molecule has 3 rings (SSSR count). The van der Waals surface area contributed by atoms with Crippen LogP contribution in [0.25, 0.3) is 10.9 Å². The van der Waals surface area contributed by atoms with Gasteiger partial charge in [0.15, 0.2) is 0 Å². The van der Waals surface area contributed by atoms with E-state index in [2.05, 4.69) is 9.97 Å². The van der Waals surface area contributed by atoms with Crippen molar-refractivity contribution in [2.75, 3.05) is 31.2 Å². The molecule has 0 bridgehead atoms. The number of piperidine rings is 1. The topological polar surface area (TPSA) is 113 Å². The van der Waals surface area contributed by atoms with Crippen molar-refractivity contribution in [3.63, 3.8) is 0 Å². The highest BCUT2D eigenvalue weighted by molar-refractivity contribution is 5.93. The Kier molecular flexibility index (Phi) is 4.03. The summed E-state index contributed by atoms with van der Waals surface area (Å²) >= 11 is 0. The number of aromatic amines is 1. The van der Waals surface area contributed by atoms with Gasteiger partial charge >= 0.3 is 0 Å². The fourth-order valence-corrected chi connectivity index (χ4v) is 3.13. The molecule has 0 aromatic carbocycles. The molecular formula is C16H18N4O3. The van der Waals surface area contributed by atoms with Gasteiger partial charge in [0, 0.05) is 30.1 Å². The van der Waals surface area contributed by atoms with E-state index in [-0.39, 0.29) is 18.8 Å². The van der Waals surface area contributed by atoms with E-state index in [4.69, 9.17) is 0 Å². The summed E-state index contributed by atoms with van der Waals surface area (Å²) in [5.74, 6) is 0. The lowest BCUT2D eigenvalue weighted by Gasteiger charge is -2.41. The Labute approximate surface area is 132 Å². The normalized spacial score (nSPS) is 17.2. The molecule has 120 valence electrons. The fourth-order valence-electron chi connectivity index (χ4n) is 3.13. The summed E-state index contributed by atoms with van der Waals surface area (Å²) in [5, 5.41) is 29.2. The number of nitriles is 1. The van der Waals surface area contributed by atoms with Gasteiger partial charge in [0.05, 0.1) is 30.6 Å². The lowest BCUT2D eigenvalue weighted by Crippen LogP contribution is -2.44. The third kappa shape index (κ3) is 2.56. The number of fused-ring (bicyclic) bond motifs is 1. The predicted molar refractivity (Wildman–Crippen MR) is 85.1 cm³/mol. The zero-order chi connectivity index (χ0) is 16.4. The highest BCUT2D eigenvalue weighted by Gasteiger charge is 2.34. The quantitative estimate of drug-likeness (QED) is 0.754. The lowest BCUT2D eigenvalue weighted by atomic mass is 9.79. The van der Waals surface area contributed by atoms with E-state index in [1.54, 1.807) is 18.5 Å². The van der Waals surface area contributed by atoms with Crippen LogP contribution in [0.1, 0.15) is 18.4 Å². The van der Waals surface area contributed by atoms with E-state index >= 15 is 0 Å². The molecule has 2 aromatic heterocycles. The van der Waals surface area contributed by atoms with Crippen LogP contribution in [0.4, 0.5) is 5.69 Å². The molecule has 1 aliphatic heterocycles. The minimum atomic E-state index is -0.484. The molecule has 0 saturated carbocycles. The first-order valence-corrected chi connectivity index (χ1v) is 7.51. The Morgan fingerprint density at radius 3 is 2.65 bits per heavy atom. The van der Waals surface area contributed by atoms with Crippen molar-refractivity contribution in [3.8, 4) is 6.07 Å². The third-order valence-electron chi connectivity index (χ3n) is 4.71. The van der Waals surface area contributed by atoms with Crippen LogP contribution < -0.4 is 10.5 Å². The monoisotopic (exact) mass is 314 g/mol. The van der Waals surface area contributed by atoms with Gasteiger partial charge in [-0.2, -0.15) is 5.26 Å². The molecule has 7 heteroatoms. The average Bonchev–Trinajstić information content (AvgIpc) is 2.60. The zero-order valence-corrected chi connectivity index (χ0v) is 12.6. The Balaban J connectivity index is 2.07. The molecule has 3 N–H and O–H groups in total.